The molecular weight excluding hydrogens is 144 g/mol. The summed E-state index contributed by atoms with van der Waals surface area (Å²) in [7, 11) is 1.40. The first-order chi connectivity index (χ1) is 5.25. The van der Waals surface area contributed by atoms with Crippen LogP contribution in [0.25, 0.3) is 0 Å². The first-order valence-corrected chi connectivity index (χ1v) is 3.97. The normalized spacial score (nSPS) is 30.4. The minimum atomic E-state index is -0.616. The Bertz CT molecular complexity index is 147. The van der Waals surface area contributed by atoms with Crippen LogP contribution in [-0.2, 0) is 14.3 Å². The lowest BCUT2D eigenvalue weighted by Gasteiger charge is -2.22. The van der Waals surface area contributed by atoms with Crippen LogP contribution in [0, 0.1) is 0 Å². The molecule has 0 aromatic heterocycles. The molecule has 64 valence electrons. The number of carbonyl (C=O) groups excluding carboxylic acids is 1. The Kier molecular flexibility index (Phi) is 2.49. The van der Waals surface area contributed by atoms with Gasteiger partial charge in [-0.1, -0.05) is 6.92 Å². The van der Waals surface area contributed by atoms with Crippen LogP contribution in [0.5, 0.6) is 0 Å². The van der Waals surface area contributed by atoms with Crippen LogP contribution in [0.15, 0.2) is 0 Å². The van der Waals surface area contributed by atoms with E-state index in [1.807, 2.05) is 6.92 Å². The van der Waals surface area contributed by atoms with Crippen molar-refractivity contribution in [2.45, 2.75) is 31.8 Å². The molecule has 1 aliphatic heterocycles. The number of ether oxygens (including phenoxy) is 2. The van der Waals surface area contributed by atoms with Crippen LogP contribution in [0.3, 0.4) is 0 Å². The number of rotatable bonds is 2. The molecule has 1 heterocycles. The minimum absolute atomic E-state index is 0.225. The molecule has 0 spiro atoms. The lowest BCUT2D eigenvalue weighted by Crippen LogP contribution is -2.38. The Labute approximate surface area is 66.7 Å². The molecule has 11 heavy (non-hydrogen) atoms. The number of hydrogen-bond donors (Lipinski definition) is 0. The smallest absolute Gasteiger partial charge is 0.338 e. The Morgan fingerprint density at radius 3 is 2.82 bits per heavy atom. The van der Waals surface area contributed by atoms with E-state index >= 15 is 0 Å². The Morgan fingerprint density at radius 2 is 2.45 bits per heavy atom. The number of methoxy groups -OCH3 is 1. The first-order valence-electron chi connectivity index (χ1n) is 3.97. The molecule has 1 rings (SSSR count). The zero-order chi connectivity index (χ0) is 8.32. The highest BCUT2D eigenvalue weighted by Gasteiger charge is 2.41. The molecule has 3 nitrogen and oxygen atoms in total. The third-order valence-corrected chi connectivity index (χ3v) is 2.23. The maximum Gasteiger partial charge on any atom is 0.338 e. The summed E-state index contributed by atoms with van der Waals surface area (Å²) in [5, 5.41) is 0. The second-order valence-electron chi connectivity index (χ2n) is 2.79. The van der Waals surface area contributed by atoms with Gasteiger partial charge < -0.3 is 9.47 Å². The third kappa shape index (κ3) is 1.38. The summed E-state index contributed by atoms with van der Waals surface area (Å²) in [5.74, 6) is -0.225. The summed E-state index contributed by atoms with van der Waals surface area (Å²) in [6.07, 6.45) is 2.47. The SMILES string of the molecule is CC[C@@]1(C(=O)OC)CCCO1. The van der Waals surface area contributed by atoms with E-state index in [4.69, 9.17) is 4.74 Å². The molecule has 0 aromatic carbocycles. The summed E-state index contributed by atoms with van der Waals surface area (Å²) in [6.45, 7) is 2.63. The molecule has 0 radical (unpaired) electrons. The largest absolute Gasteiger partial charge is 0.467 e. The fraction of sp³-hybridized carbons (Fsp3) is 0.875. The van der Waals surface area contributed by atoms with Crippen LogP contribution in [0.4, 0.5) is 0 Å². The zero-order valence-electron chi connectivity index (χ0n) is 7.05. The lowest BCUT2D eigenvalue weighted by molar-refractivity contribution is -0.164. The molecule has 1 atom stereocenters. The standard InChI is InChI=1S/C8H14O3/c1-3-8(7(9)10-2)5-4-6-11-8/h3-6H2,1-2H3/t8-/m0/s1. The van der Waals surface area contributed by atoms with Gasteiger partial charge in [-0.2, -0.15) is 0 Å². The van der Waals surface area contributed by atoms with Crippen molar-refractivity contribution in [3.63, 3.8) is 0 Å². The second-order valence-corrected chi connectivity index (χ2v) is 2.79. The molecule has 1 saturated heterocycles. The topological polar surface area (TPSA) is 35.5 Å². The maximum absolute atomic E-state index is 11.2. The molecule has 0 saturated carbocycles. The van der Waals surface area contributed by atoms with E-state index in [0.29, 0.717) is 13.0 Å². The molecule has 0 N–H and O–H groups in total. The van der Waals surface area contributed by atoms with Crippen LogP contribution >= 0.6 is 0 Å². The summed E-state index contributed by atoms with van der Waals surface area (Å²) in [5.41, 5.74) is -0.616. The molecule has 1 fully saturated rings. The van der Waals surface area contributed by atoms with Crippen molar-refractivity contribution in [2.24, 2.45) is 0 Å². The van der Waals surface area contributed by atoms with Gasteiger partial charge in [0.25, 0.3) is 0 Å². The average molecular weight is 158 g/mol. The quantitative estimate of drug-likeness (QED) is 0.565. The average Bonchev–Trinajstić information content (AvgIpc) is 2.52. The predicted octanol–water partition coefficient (Wildman–Crippen LogP) is 1.12. The minimum Gasteiger partial charge on any atom is -0.467 e. The van der Waals surface area contributed by atoms with E-state index in [2.05, 4.69) is 4.74 Å². The van der Waals surface area contributed by atoms with Crippen molar-refractivity contribution in [2.75, 3.05) is 13.7 Å². The molecule has 3 heteroatoms. The predicted molar refractivity (Wildman–Crippen MR) is 40.2 cm³/mol. The van der Waals surface area contributed by atoms with E-state index in [1.165, 1.54) is 7.11 Å². The molecule has 0 bridgehead atoms. The molecule has 0 aliphatic carbocycles. The summed E-state index contributed by atoms with van der Waals surface area (Å²) in [6, 6.07) is 0. The van der Waals surface area contributed by atoms with E-state index < -0.39 is 5.60 Å². The van der Waals surface area contributed by atoms with Gasteiger partial charge in [0.2, 0.25) is 0 Å². The number of carbonyl (C=O) groups is 1. The molecule has 1 aliphatic rings. The van der Waals surface area contributed by atoms with Crippen molar-refractivity contribution < 1.29 is 14.3 Å². The van der Waals surface area contributed by atoms with E-state index in [0.717, 1.165) is 12.8 Å². The van der Waals surface area contributed by atoms with Gasteiger partial charge in [-0.3, -0.25) is 0 Å². The van der Waals surface area contributed by atoms with Crippen LogP contribution in [-0.4, -0.2) is 25.3 Å². The molecule has 0 unspecified atom stereocenters. The zero-order valence-corrected chi connectivity index (χ0v) is 7.05. The van der Waals surface area contributed by atoms with Crippen molar-refractivity contribution >= 4 is 5.97 Å². The maximum atomic E-state index is 11.2. The van der Waals surface area contributed by atoms with Crippen molar-refractivity contribution in [3.05, 3.63) is 0 Å². The highest BCUT2D eigenvalue weighted by molar-refractivity contribution is 5.79. The lowest BCUT2D eigenvalue weighted by atomic mass is 9.97. The van der Waals surface area contributed by atoms with Crippen molar-refractivity contribution in [3.8, 4) is 0 Å². The van der Waals surface area contributed by atoms with Gasteiger partial charge in [-0.15, -0.1) is 0 Å². The summed E-state index contributed by atoms with van der Waals surface area (Å²) < 4.78 is 10.0. The highest BCUT2D eigenvalue weighted by Crippen LogP contribution is 2.29. The van der Waals surface area contributed by atoms with Gasteiger partial charge in [-0.25, -0.2) is 4.79 Å². The van der Waals surface area contributed by atoms with Gasteiger partial charge in [0.05, 0.1) is 7.11 Å². The third-order valence-electron chi connectivity index (χ3n) is 2.23. The molecule has 0 aromatic rings. The number of hydrogen-bond acceptors (Lipinski definition) is 3. The van der Waals surface area contributed by atoms with Gasteiger partial charge in [-0.05, 0) is 19.3 Å². The first kappa shape index (κ1) is 8.53. The second kappa shape index (κ2) is 3.22. The van der Waals surface area contributed by atoms with Gasteiger partial charge in [0.15, 0.2) is 5.60 Å². The summed E-state index contributed by atoms with van der Waals surface area (Å²) in [4.78, 5) is 11.2. The summed E-state index contributed by atoms with van der Waals surface area (Å²) >= 11 is 0. The van der Waals surface area contributed by atoms with Gasteiger partial charge in [0, 0.05) is 6.61 Å². The van der Waals surface area contributed by atoms with Crippen LogP contribution < -0.4 is 0 Å². The van der Waals surface area contributed by atoms with Gasteiger partial charge >= 0.3 is 5.97 Å². The van der Waals surface area contributed by atoms with Gasteiger partial charge in [0.1, 0.15) is 0 Å². The molecular formula is C8H14O3. The van der Waals surface area contributed by atoms with Crippen LogP contribution in [0.2, 0.25) is 0 Å². The van der Waals surface area contributed by atoms with E-state index in [-0.39, 0.29) is 5.97 Å². The monoisotopic (exact) mass is 158 g/mol. The fourth-order valence-electron chi connectivity index (χ4n) is 1.47. The molecule has 0 amide bonds. The highest BCUT2D eigenvalue weighted by atomic mass is 16.6. The van der Waals surface area contributed by atoms with Crippen molar-refractivity contribution in [1.82, 2.24) is 0 Å². The Morgan fingerprint density at radius 1 is 1.73 bits per heavy atom. The van der Waals surface area contributed by atoms with Crippen molar-refractivity contribution in [1.29, 1.82) is 0 Å². The Hall–Kier alpha value is -0.570. The Balaban J connectivity index is 2.66. The fourth-order valence-corrected chi connectivity index (χ4v) is 1.47. The number of esters is 1. The van der Waals surface area contributed by atoms with E-state index in [9.17, 15) is 4.79 Å². The van der Waals surface area contributed by atoms with E-state index in [1.54, 1.807) is 0 Å². The van der Waals surface area contributed by atoms with Crippen LogP contribution in [0.1, 0.15) is 26.2 Å².